The zero-order chi connectivity index (χ0) is 18.0. The molecule has 0 bridgehead atoms. The van der Waals surface area contributed by atoms with E-state index in [1.807, 2.05) is 0 Å². The minimum absolute atomic E-state index is 0.198. The molecule has 0 radical (unpaired) electrons. The predicted molar refractivity (Wildman–Crippen MR) is 99.2 cm³/mol. The van der Waals surface area contributed by atoms with Crippen LogP contribution in [-0.2, 0) is 4.79 Å². The van der Waals surface area contributed by atoms with E-state index in [1.165, 1.54) is 6.42 Å². The highest BCUT2D eigenvalue weighted by molar-refractivity contribution is 6.68. The lowest BCUT2D eigenvalue weighted by atomic mass is 10.1. The van der Waals surface area contributed by atoms with Gasteiger partial charge in [-0.15, -0.1) is 0 Å². The van der Waals surface area contributed by atoms with Gasteiger partial charge in [-0.05, 0) is 30.7 Å². The molecule has 1 aromatic rings. The van der Waals surface area contributed by atoms with Gasteiger partial charge in [0.15, 0.2) is 0 Å². The van der Waals surface area contributed by atoms with Crippen LogP contribution in [0.15, 0.2) is 24.3 Å². The average Bonchev–Trinajstić information content (AvgIpc) is 2.54. The first-order valence-electron chi connectivity index (χ1n) is 8.03. The Bertz CT molecular complexity index is 489. The number of methoxy groups -OCH3 is 1. The number of hydrogen-bond acceptors (Lipinski definition) is 3. The minimum Gasteiger partial charge on any atom is -0.497 e. The molecule has 1 N–H and O–H groups in total. The Morgan fingerprint density at radius 3 is 2.21 bits per heavy atom. The molecule has 4 nitrogen and oxygen atoms in total. The molecule has 0 aromatic heterocycles. The second-order valence-corrected chi connectivity index (χ2v) is 7.82. The maximum absolute atomic E-state index is 12.0. The van der Waals surface area contributed by atoms with Crippen LogP contribution in [0.5, 0.6) is 11.5 Å². The van der Waals surface area contributed by atoms with E-state index in [0.717, 1.165) is 25.7 Å². The van der Waals surface area contributed by atoms with Gasteiger partial charge in [0.2, 0.25) is 15.9 Å². The molecule has 0 saturated carbocycles. The van der Waals surface area contributed by atoms with Gasteiger partial charge < -0.3 is 14.8 Å². The van der Waals surface area contributed by atoms with Crippen molar-refractivity contribution >= 4 is 40.7 Å². The number of rotatable bonds is 10. The summed E-state index contributed by atoms with van der Waals surface area (Å²) in [6, 6.07) is 6.80. The maximum Gasteiger partial charge on any atom is 0.246 e. The molecular formula is C17H24Cl3NO3. The first kappa shape index (κ1) is 21.2. The second-order valence-electron chi connectivity index (χ2n) is 5.45. The number of hydrogen-bond donors (Lipinski definition) is 1. The molecular weight excluding hydrogens is 373 g/mol. The standard InChI is InChI=1S/C17H24Cl3NO3/c1-3-4-5-6-7-8-15(22)21-16(17(18,19)20)24-14-11-9-13(23-2)10-12-14/h9-12,16H,3-8H2,1-2H3,(H,21,22)/t16-/m1/s1. The van der Waals surface area contributed by atoms with Crippen LogP contribution in [-0.4, -0.2) is 23.0 Å². The van der Waals surface area contributed by atoms with Crippen LogP contribution >= 0.6 is 34.8 Å². The summed E-state index contributed by atoms with van der Waals surface area (Å²) >= 11 is 17.8. The van der Waals surface area contributed by atoms with E-state index in [-0.39, 0.29) is 5.91 Å². The van der Waals surface area contributed by atoms with Crippen molar-refractivity contribution < 1.29 is 14.3 Å². The number of unbranched alkanes of at least 4 members (excludes halogenated alkanes) is 4. The fourth-order valence-corrected chi connectivity index (χ4v) is 2.37. The highest BCUT2D eigenvalue weighted by atomic mass is 35.6. The molecule has 0 aliphatic heterocycles. The third-order valence-electron chi connectivity index (χ3n) is 3.41. The summed E-state index contributed by atoms with van der Waals surface area (Å²) in [6.07, 6.45) is 4.60. The predicted octanol–water partition coefficient (Wildman–Crippen LogP) is 5.25. The summed E-state index contributed by atoms with van der Waals surface area (Å²) < 4.78 is 8.91. The highest BCUT2D eigenvalue weighted by Crippen LogP contribution is 2.32. The Morgan fingerprint density at radius 1 is 1.08 bits per heavy atom. The van der Waals surface area contributed by atoms with Gasteiger partial charge in [-0.25, -0.2) is 0 Å². The van der Waals surface area contributed by atoms with Crippen LogP contribution in [0.4, 0.5) is 0 Å². The van der Waals surface area contributed by atoms with Crippen LogP contribution in [0.2, 0.25) is 0 Å². The van der Waals surface area contributed by atoms with Crippen LogP contribution in [0.25, 0.3) is 0 Å². The van der Waals surface area contributed by atoms with Gasteiger partial charge >= 0.3 is 0 Å². The Morgan fingerprint density at radius 2 is 1.67 bits per heavy atom. The number of ether oxygens (including phenoxy) is 2. The van der Waals surface area contributed by atoms with E-state index in [4.69, 9.17) is 44.3 Å². The van der Waals surface area contributed by atoms with E-state index in [2.05, 4.69) is 12.2 Å². The van der Waals surface area contributed by atoms with Crippen LogP contribution in [0, 0.1) is 0 Å². The third kappa shape index (κ3) is 8.32. The Balaban J connectivity index is 2.54. The Labute approximate surface area is 158 Å². The van der Waals surface area contributed by atoms with Gasteiger partial charge in [-0.1, -0.05) is 67.4 Å². The van der Waals surface area contributed by atoms with Gasteiger partial charge in [0.05, 0.1) is 7.11 Å². The Hall–Kier alpha value is -0.840. The van der Waals surface area contributed by atoms with Crippen LogP contribution in [0.3, 0.4) is 0 Å². The molecule has 0 unspecified atom stereocenters. The zero-order valence-corrected chi connectivity index (χ0v) is 16.3. The lowest BCUT2D eigenvalue weighted by Crippen LogP contribution is -2.47. The van der Waals surface area contributed by atoms with Crippen molar-refractivity contribution in [3.05, 3.63) is 24.3 Å². The van der Waals surface area contributed by atoms with Gasteiger partial charge in [-0.2, -0.15) is 0 Å². The lowest BCUT2D eigenvalue weighted by Gasteiger charge is -2.26. The van der Waals surface area contributed by atoms with Crippen molar-refractivity contribution in [3.63, 3.8) is 0 Å². The molecule has 1 rings (SSSR count). The number of halogens is 3. The number of benzene rings is 1. The molecule has 136 valence electrons. The summed E-state index contributed by atoms with van der Waals surface area (Å²) in [5.74, 6) is 0.954. The van der Waals surface area contributed by atoms with Crippen LogP contribution < -0.4 is 14.8 Å². The van der Waals surface area contributed by atoms with Gasteiger partial charge in [0, 0.05) is 6.42 Å². The number of nitrogens with one attached hydrogen (secondary N) is 1. The molecule has 24 heavy (non-hydrogen) atoms. The van der Waals surface area contributed by atoms with Crippen LogP contribution in [0.1, 0.15) is 45.4 Å². The smallest absolute Gasteiger partial charge is 0.246 e. The van der Waals surface area contributed by atoms with Crippen molar-refractivity contribution in [2.24, 2.45) is 0 Å². The largest absolute Gasteiger partial charge is 0.497 e. The number of carbonyl (C=O) groups excluding carboxylic acids is 1. The first-order chi connectivity index (χ1) is 11.4. The van der Waals surface area contributed by atoms with Crippen molar-refractivity contribution in [3.8, 4) is 11.5 Å². The van der Waals surface area contributed by atoms with Crippen molar-refractivity contribution in [1.29, 1.82) is 0 Å². The monoisotopic (exact) mass is 395 g/mol. The Kier molecular flexibility index (Phi) is 9.64. The molecule has 0 heterocycles. The number of alkyl halides is 3. The molecule has 0 aliphatic carbocycles. The van der Waals surface area contributed by atoms with E-state index >= 15 is 0 Å². The summed E-state index contributed by atoms with van der Waals surface area (Å²) in [4.78, 5) is 12.0. The van der Waals surface area contributed by atoms with Crippen molar-refractivity contribution in [2.45, 2.75) is 55.5 Å². The van der Waals surface area contributed by atoms with E-state index in [1.54, 1.807) is 31.4 Å². The summed E-state index contributed by atoms with van der Waals surface area (Å²) in [7, 11) is 1.57. The normalized spacial score (nSPS) is 12.5. The molecule has 1 amide bonds. The second kappa shape index (κ2) is 10.9. The topological polar surface area (TPSA) is 47.6 Å². The molecule has 0 saturated heterocycles. The summed E-state index contributed by atoms with van der Waals surface area (Å²) in [5.41, 5.74) is 0. The average molecular weight is 397 g/mol. The number of amides is 1. The zero-order valence-electron chi connectivity index (χ0n) is 14.0. The number of carbonyl (C=O) groups is 1. The summed E-state index contributed by atoms with van der Waals surface area (Å²) in [6.45, 7) is 2.15. The SMILES string of the molecule is CCCCCCCC(=O)N[C@H](Oc1ccc(OC)cc1)C(Cl)(Cl)Cl. The highest BCUT2D eigenvalue weighted by Gasteiger charge is 2.36. The quantitative estimate of drug-likeness (QED) is 0.334. The molecule has 7 heteroatoms. The fourth-order valence-electron chi connectivity index (χ4n) is 2.08. The summed E-state index contributed by atoms with van der Waals surface area (Å²) in [5, 5.41) is 2.64. The molecule has 0 spiro atoms. The van der Waals surface area contributed by atoms with E-state index < -0.39 is 10.0 Å². The van der Waals surface area contributed by atoms with Gasteiger partial charge in [0.25, 0.3) is 0 Å². The fraction of sp³-hybridized carbons (Fsp3) is 0.588. The van der Waals surface area contributed by atoms with Gasteiger partial charge in [-0.3, -0.25) is 4.79 Å². The van der Waals surface area contributed by atoms with Gasteiger partial charge in [0.1, 0.15) is 11.5 Å². The maximum atomic E-state index is 12.0. The van der Waals surface area contributed by atoms with E-state index in [9.17, 15) is 4.79 Å². The van der Waals surface area contributed by atoms with E-state index in [0.29, 0.717) is 17.9 Å². The third-order valence-corrected chi connectivity index (χ3v) is 4.00. The molecule has 0 aliphatic rings. The lowest BCUT2D eigenvalue weighted by molar-refractivity contribution is -0.123. The van der Waals surface area contributed by atoms with Crippen molar-refractivity contribution in [1.82, 2.24) is 5.32 Å². The minimum atomic E-state index is -1.78. The molecule has 1 aromatic carbocycles. The molecule has 0 fully saturated rings. The van der Waals surface area contributed by atoms with Crippen molar-refractivity contribution in [2.75, 3.05) is 7.11 Å². The first-order valence-corrected chi connectivity index (χ1v) is 9.17. The molecule has 1 atom stereocenters.